The molecular weight excluding hydrogens is 328 g/mol. The summed E-state index contributed by atoms with van der Waals surface area (Å²) in [6, 6.07) is 14.7. The number of amides is 2. The van der Waals surface area contributed by atoms with E-state index in [0.717, 1.165) is 25.7 Å². The van der Waals surface area contributed by atoms with Crippen LogP contribution in [0.4, 0.5) is 10.5 Å². The molecule has 0 aliphatic heterocycles. The normalized spacial score (nSPS) is 15.2. The predicted octanol–water partition coefficient (Wildman–Crippen LogP) is 4.45. The molecule has 0 heterocycles. The average molecular weight is 352 g/mol. The summed E-state index contributed by atoms with van der Waals surface area (Å²) in [5, 5.41) is 5.83. The summed E-state index contributed by atoms with van der Waals surface area (Å²) in [6.45, 7) is 2.48. The maximum absolute atomic E-state index is 12.3. The van der Waals surface area contributed by atoms with Crippen LogP contribution in [0.15, 0.2) is 48.5 Å². The monoisotopic (exact) mass is 352 g/mol. The summed E-state index contributed by atoms with van der Waals surface area (Å²) in [4.78, 5) is 24.1. The molecule has 1 atom stereocenters. The van der Waals surface area contributed by atoms with Crippen molar-refractivity contribution in [3.05, 3.63) is 65.2 Å². The molecule has 0 radical (unpaired) electrons. The lowest BCUT2D eigenvalue weighted by atomic mass is 10.1. The van der Waals surface area contributed by atoms with Crippen LogP contribution in [0.2, 0.25) is 0 Å². The van der Waals surface area contributed by atoms with Crippen LogP contribution in [0.25, 0.3) is 0 Å². The summed E-state index contributed by atoms with van der Waals surface area (Å²) >= 11 is 0. The Morgan fingerprint density at radius 2 is 1.88 bits per heavy atom. The zero-order valence-corrected chi connectivity index (χ0v) is 15.0. The summed E-state index contributed by atoms with van der Waals surface area (Å²) in [5.74, 6) is -0.336. The maximum atomic E-state index is 12.3. The van der Waals surface area contributed by atoms with E-state index in [-0.39, 0.29) is 18.0 Å². The van der Waals surface area contributed by atoms with Gasteiger partial charge in [-0.2, -0.15) is 0 Å². The first kappa shape index (κ1) is 18.0. The molecule has 0 saturated carbocycles. The van der Waals surface area contributed by atoms with E-state index in [0.29, 0.717) is 17.9 Å². The lowest BCUT2D eigenvalue weighted by molar-refractivity contribution is 0.0500. The highest BCUT2D eigenvalue weighted by Gasteiger charge is 2.23. The van der Waals surface area contributed by atoms with Crippen LogP contribution < -0.4 is 10.6 Å². The Kier molecular flexibility index (Phi) is 5.89. The Balaban J connectivity index is 1.53. The molecule has 1 aliphatic carbocycles. The molecule has 1 unspecified atom stereocenters. The van der Waals surface area contributed by atoms with E-state index in [1.807, 2.05) is 19.1 Å². The fourth-order valence-corrected chi connectivity index (χ4v) is 3.11. The van der Waals surface area contributed by atoms with Crippen LogP contribution in [-0.4, -0.2) is 18.6 Å². The number of esters is 1. The van der Waals surface area contributed by atoms with Gasteiger partial charge in [0.15, 0.2) is 0 Å². The van der Waals surface area contributed by atoms with Gasteiger partial charge in [0.1, 0.15) is 0 Å². The number of carbonyl (C=O) groups excluding carboxylic acids is 2. The number of rotatable bonds is 6. The minimum absolute atomic E-state index is 0.0408. The molecule has 0 spiro atoms. The molecule has 2 aromatic rings. The highest BCUT2D eigenvalue weighted by Crippen LogP contribution is 2.30. The number of unbranched alkanes of at least 4 members (excludes halogenated alkanes) is 1. The van der Waals surface area contributed by atoms with Crippen molar-refractivity contribution in [3.63, 3.8) is 0 Å². The van der Waals surface area contributed by atoms with Crippen molar-refractivity contribution in [1.82, 2.24) is 5.32 Å². The summed E-state index contributed by atoms with van der Waals surface area (Å²) in [6.07, 6.45) is 3.73. The van der Waals surface area contributed by atoms with Crippen LogP contribution in [0.5, 0.6) is 0 Å². The van der Waals surface area contributed by atoms with Crippen LogP contribution in [0, 0.1) is 0 Å². The lowest BCUT2D eigenvalue weighted by Crippen LogP contribution is -2.31. The average Bonchev–Trinajstić information content (AvgIpc) is 3.05. The molecule has 0 bridgehead atoms. The molecule has 5 heteroatoms. The standard InChI is InChI=1S/C21H24N2O3/c1-2-3-14-26-20(24)16-8-11-17(12-9-16)22-21(25)23-19-13-10-15-6-4-5-7-18(15)19/h4-9,11-12,19H,2-3,10,13-14H2,1H3,(H2,22,23,25). The van der Waals surface area contributed by atoms with Crippen molar-refractivity contribution in [3.8, 4) is 0 Å². The summed E-state index contributed by atoms with van der Waals surface area (Å²) in [7, 11) is 0. The molecule has 2 aromatic carbocycles. The fourth-order valence-electron chi connectivity index (χ4n) is 3.11. The van der Waals surface area contributed by atoms with Gasteiger partial charge in [0.25, 0.3) is 0 Å². The van der Waals surface area contributed by atoms with Gasteiger partial charge < -0.3 is 15.4 Å². The van der Waals surface area contributed by atoms with E-state index in [9.17, 15) is 9.59 Å². The number of aryl methyl sites for hydroxylation is 1. The van der Waals surface area contributed by atoms with Gasteiger partial charge in [-0.15, -0.1) is 0 Å². The van der Waals surface area contributed by atoms with Gasteiger partial charge in [-0.1, -0.05) is 37.6 Å². The van der Waals surface area contributed by atoms with Gasteiger partial charge in [-0.05, 0) is 54.7 Å². The third-order valence-electron chi connectivity index (χ3n) is 4.55. The molecular formula is C21H24N2O3. The Morgan fingerprint density at radius 3 is 2.65 bits per heavy atom. The van der Waals surface area contributed by atoms with Crippen LogP contribution in [-0.2, 0) is 11.2 Å². The molecule has 2 amide bonds. The van der Waals surface area contributed by atoms with Gasteiger partial charge in [-0.3, -0.25) is 0 Å². The Morgan fingerprint density at radius 1 is 1.12 bits per heavy atom. The number of anilines is 1. The summed E-state index contributed by atoms with van der Waals surface area (Å²) in [5.41, 5.74) is 3.60. The second-order valence-corrected chi connectivity index (χ2v) is 6.46. The Labute approximate surface area is 153 Å². The Hall–Kier alpha value is -2.82. The van der Waals surface area contributed by atoms with Crippen molar-refractivity contribution in [2.75, 3.05) is 11.9 Å². The number of carbonyl (C=O) groups is 2. The topological polar surface area (TPSA) is 67.4 Å². The van der Waals surface area contributed by atoms with Crippen LogP contribution >= 0.6 is 0 Å². The number of hydrogen-bond acceptors (Lipinski definition) is 3. The van der Waals surface area contributed by atoms with E-state index in [1.54, 1.807) is 24.3 Å². The zero-order chi connectivity index (χ0) is 18.4. The van der Waals surface area contributed by atoms with Gasteiger partial charge in [0.2, 0.25) is 0 Å². The first-order valence-electron chi connectivity index (χ1n) is 9.10. The number of hydrogen-bond donors (Lipinski definition) is 2. The quantitative estimate of drug-likeness (QED) is 0.596. The first-order valence-corrected chi connectivity index (χ1v) is 9.10. The SMILES string of the molecule is CCCCOC(=O)c1ccc(NC(=O)NC2CCc3ccccc32)cc1. The number of ether oxygens (including phenoxy) is 1. The number of fused-ring (bicyclic) bond motifs is 1. The molecule has 1 aliphatic rings. The number of benzene rings is 2. The Bertz CT molecular complexity index is 771. The van der Waals surface area contributed by atoms with E-state index in [1.165, 1.54) is 11.1 Å². The van der Waals surface area contributed by atoms with E-state index >= 15 is 0 Å². The highest BCUT2D eigenvalue weighted by molar-refractivity contribution is 5.92. The maximum Gasteiger partial charge on any atom is 0.338 e. The molecule has 0 saturated heterocycles. The van der Waals surface area contributed by atoms with Crippen molar-refractivity contribution >= 4 is 17.7 Å². The van der Waals surface area contributed by atoms with Crippen molar-refractivity contribution in [2.24, 2.45) is 0 Å². The van der Waals surface area contributed by atoms with Crippen molar-refractivity contribution in [2.45, 2.75) is 38.6 Å². The molecule has 2 N–H and O–H groups in total. The third-order valence-corrected chi connectivity index (χ3v) is 4.55. The lowest BCUT2D eigenvalue weighted by Gasteiger charge is -2.15. The number of urea groups is 1. The smallest absolute Gasteiger partial charge is 0.338 e. The molecule has 0 aromatic heterocycles. The van der Waals surface area contributed by atoms with Gasteiger partial charge >= 0.3 is 12.0 Å². The van der Waals surface area contributed by atoms with Crippen molar-refractivity contribution in [1.29, 1.82) is 0 Å². The number of nitrogens with one attached hydrogen (secondary N) is 2. The highest BCUT2D eigenvalue weighted by atomic mass is 16.5. The molecule has 0 fully saturated rings. The van der Waals surface area contributed by atoms with Crippen molar-refractivity contribution < 1.29 is 14.3 Å². The van der Waals surface area contributed by atoms with Gasteiger partial charge in [-0.25, -0.2) is 9.59 Å². The van der Waals surface area contributed by atoms with E-state index in [2.05, 4.69) is 22.8 Å². The van der Waals surface area contributed by atoms with Crippen LogP contribution in [0.1, 0.15) is 53.7 Å². The molecule has 5 nitrogen and oxygen atoms in total. The predicted molar refractivity (Wildman–Crippen MR) is 101 cm³/mol. The molecule has 136 valence electrons. The second kappa shape index (κ2) is 8.52. The molecule has 3 rings (SSSR count). The van der Waals surface area contributed by atoms with E-state index in [4.69, 9.17) is 4.74 Å². The second-order valence-electron chi connectivity index (χ2n) is 6.46. The zero-order valence-electron chi connectivity index (χ0n) is 15.0. The summed E-state index contributed by atoms with van der Waals surface area (Å²) < 4.78 is 5.17. The third kappa shape index (κ3) is 4.42. The van der Waals surface area contributed by atoms with Gasteiger partial charge in [0.05, 0.1) is 18.2 Å². The van der Waals surface area contributed by atoms with Crippen LogP contribution in [0.3, 0.4) is 0 Å². The minimum Gasteiger partial charge on any atom is -0.462 e. The first-order chi connectivity index (χ1) is 12.7. The largest absolute Gasteiger partial charge is 0.462 e. The molecule has 26 heavy (non-hydrogen) atoms. The van der Waals surface area contributed by atoms with Gasteiger partial charge in [0, 0.05) is 5.69 Å². The minimum atomic E-state index is -0.336. The fraction of sp³-hybridized carbons (Fsp3) is 0.333. The van der Waals surface area contributed by atoms with E-state index < -0.39 is 0 Å².